The van der Waals surface area contributed by atoms with E-state index in [4.69, 9.17) is 11.6 Å². The zero-order chi connectivity index (χ0) is 10.7. The van der Waals surface area contributed by atoms with Crippen LogP contribution in [0.15, 0.2) is 35.4 Å². The fourth-order valence-corrected chi connectivity index (χ4v) is 1.79. The molecule has 0 saturated heterocycles. The molecular formula is C11H11ClN2O. The van der Waals surface area contributed by atoms with Gasteiger partial charge in [0.15, 0.2) is 0 Å². The van der Waals surface area contributed by atoms with Crippen LogP contribution < -0.4 is 0 Å². The smallest absolute Gasteiger partial charge is 0.258 e. The first kappa shape index (κ1) is 10.2. The largest absolute Gasteiger partial charge is 0.272 e. The van der Waals surface area contributed by atoms with Gasteiger partial charge >= 0.3 is 0 Å². The third-order valence-electron chi connectivity index (χ3n) is 2.38. The summed E-state index contributed by atoms with van der Waals surface area (Å²) in [5.74, 6) is -0.181. The molecule has 0 saturated carbocycles. The number of hydrogen-bond donors (Lipinski definition) is 0. The Kier molecular flexibility index (Phi) is 3.02. The predicted molar refractivity (Wildman–Crippen MR) is 59.9 cm³/mol. The fraction of sp³-hybridized carbons (Fsp3) is 0.273. The second kappa shape index (κ2) is 4.45. The van der Waals surface area contributed by atoms with Crippen molar-refractivity contribution in [3.63, 3.8) is 0 Å². The Labute approximate surface area is 93.3 Å². The van der Waals surface area contributed by atoms with Gasteiger partial charge in [-0.2, -0.15) is 5.10 Å². The van der Waals surface area contributed by atoms with Crippen molar-refractivity contribution in [2.75, 3.05) is 5.88 Å². The number of hydrogen-bond acceptors (Lipinski definition) is 2. The zero-order valence-electron chi connectivity index (χ0n) is 8.14. The molecule has 1 heterocycles. The molecule has 0 N–H and O–H groups in total. The van der Waals surface area contributed by atoms with Gasteiger partial charge in [0.05, 0.1) is 6.04 Å². The summed E-state index contributed by atoms with van der Waals surface area (Å²) < 4.78 is 0. The maximum Gasteiger partial charge on any atom is 0.258 e. The van der Waals surface area contributed by atoms with E-state index in [1.165, 1.54) is 5.01 Å². The van der Waals surface area contributed by atoms with Crippen LogP contribution in [0.5, 0.6) is 0 Å². The van der Waals surface area contributed by atoms with Crippen molar-refractivity contribution in [3.8, 4) is 0 Å². The van der Waals surface area contributed by atoms with Gasteiger partial charge in [-0.05, 0) is 5.56 Å². The van der Waals surface area contributed by atoms with Crippen molar-refractivity contribution in [2.45, 2.75) is 12.5 Å². The van der Waals surface area contributed by atoms with E-state index in [1.807, 2.05) is 30.3 Å². The standard InChI is InChI=1S/C11H11ClN2O/c12-8-11(15)14-10(6-7-13-14)9-4-2-1-3-5-9/h1-5,7,10H,6,8H2/t10-/m0/s1. The van der Waals surface area contributed by atoms with E-state index >= 15 is 0 Å². The monoisotopic (exact) mass is 222 g/mol. The lowest BCUT2D eigenvalue weighted by molar-refractivity contribution is -0.130. The molecule has 0 aliphatic carbocycles. The molecule has 2 rings (SSSR count). The highest BCUT2D eigenvalue weighted by atomic mass is 35.5. The quantitative estimate of drug-likeness (QED) is 0.706. The van der Waals surface area contributed by atoms with Crippen LogP contribution >= 0.6 is 11.6 Å². The maximum atomic E-state index is 11.5. The molecule has 15 heavy (non-hydrogen) atoms. The van der Waals surface area contributed by atoms with Crippen molar-refractivity contribution in [2.24, 2.45) is 5.10 Å². The summed E-state index contributed by atoms with van der Waals surface area (Å²) in [6.45, 7) is 0. The maximum absolute atomic E-state index is 11.5. The minimum absolute atomic E-state index is 0.0115. The Morgan fingerprint density at radius 3 is 2.87 bits per heavy atom. The molecule has 78 valence electrons. The predicted octanol–water partition coefficient (Wildman–Crippen LogP) is 2.18. The molecule has 0 fully saturated rings. The zero-order valence-corrected chi connectivity index (χ0v) is 8.89. The third kappa shape index (κ3) is 2.02. The summed E-state index contributed by atoms with van der Waals surface area (Å²) in [5.41, 5.74) is 1.09. The van der Waals surface area contributed by atoms with Crippen molar-refractivity contribution < 1.29 is 4.79 Å². The number of amides is 1. The summed E-state index contributed by atoms with van der Waals surface area (Å²) in [6.07, 6.45) is 2.51. The second-order valence-corrected chi connectivity index (χ2v) is 3.60. The molecule has 1 amide bonds. The summed E-state index contributed by atoms with van der Waals surface area (Å²) in [6, 6.07) is 9.86. The topological polar surface area (TPSA) is 32.7 Å². The molecule has 1 atom stereocenters. The number of halogens is 1. The van der Waals surface area contributed by atoms with Crippen LogP contribution in [0, 0.1) is 0 Å². The molecule has 1 aromatic rings. The van der Waals surface area contributed by atoms with Crippen LogP contribution in [0.1, 0.15) is 18.0 Å². The summed E-state index contributed by atoms with van der Waals surface area (Å²) in [5, 5.41) is 5.50. The average molecular weight is 223 g/mol. The lowest BCUT2D eigenvalue weighted by Crippen LogP contribution is -2.27. The van der Waals surface area contributed by atoms with Crippen LogP contribution in [0.25, 0.3) is 0 Å². The molecule has 1 aliphatic heterocycles. The highest BCUT2D eigenvalue weighted by molar-refractivity contribution is 6.27. The van der Waals surface area contributed by atoms with Gasteiger partial charge in [-0.3, -0.25) is 4.79 Å². The average Bonchev–Trinajstić information content (AvgIpc) is 2.78. The second-order valence-electron chi connectivity index (χ2n) is 3.33. The van der Waals surface area contributed by atoms with E-state index in [2.05, 4.69) is 5.10 Å². The first-order chi connectivity index (χ1) is 7.33. The number of rotatable bonds is 2. The first-order valence-electron chi connectivity index (χ1n) is 4.78. The molecule has 1 aromatic carbocycles. The molecular weight excluding hydrogens is 212 g/mol. The molecule has 1 aliphatic rings. The molecule has 4 heteroatoms. The third-order valence-corrected chi connectivity index (χ3v) is 2.61. The van der Waals surface area contributed by atoms with Gasteiger partial charge in [-0.15, -0.1) is 11.6 Å². The van der Waals surface area contributed by atoms with E-state index in [0.717, 1.165) is 12.0 Å². The van der Waals surface area contributed by atoms with Crippen molar-refractivity contribution in [3.05, 3.63) is 35.9 Å². The van der Waals surface area contributed by atoms with Crippen LogP contribution in [-0.2, 0) is 4.79 Å². The van der Waals surface area contributed by atoms with Crippen molar-refractivity contribution in [1.29, 1.82) is 0 Å². The van der Waals surface area contributed by atoms with Gasteiger partial charge < -0.3 is 0 Å². The van der Waals surface area contributed by atoms with Gasteiger partial charge in [0, 0.05) is 12.6 Å². The number of alkyl halides is 1. The molecule has 0 radical (unpaired) electrons. The van der Waals surface area contributed by atoms with E-state index < -0.39 is 0 Å². The summed E-state index contributed by atoms with van der Waals surface area (Å²) in [7, 11) is 0. The number of hydrazone groups is 1. The van der Waals surface area contributed by atoms with Gasteiger partial charge in [-0.1, -0.05) is 30.3 Å². The van der Waals surface area contributed by atoms with E-state index in [9.17, 15) is 4.79 Å². The normalized spacial score (nSPS) is 19.5. The van der Waals surface area contributed by atoms with Crippen LogP contribution in [-0.4, -0.2) is 23.0 Å². The number of nitrogens with zero attached hydrogens (tertiary/aromatic N) is 2. The first-order valence-corrected chi connectivity index (χ1v) is 5.32. The highest BCUT2D eigenvalue weighted by Gasteiger charge is 2.26. The molecule has 3 nitrogen and oxygen atoms in total. The molecule has 0 spiro atoms. The van der Waals surface area contributed by atoms with Crippen LogP contribution in [0.2, 0.25) is 0 Å². The van der Waals surface area contributed by atoms with Gasteiger partial charge in [0.2, 0.25) is 0 Å². The Bertz CT molecular complexity index is 377. The fourth-order valence-electron chi connectivity index (χ4n) is 1.67. The molecule has 0 aromatic heterocycles. The Morgan fingerprint density at radius 1 is 1.47 bits per heavy atom. The summed E-state index contributed by atoms with van der Waals surface area (Å²) in [4.78, 5) is 11.5. The molecule has 0 unspecified atom stereocenters. The Hall–Kier alpha value is -1.35. The van der Waals surface area contributed by atoms with Crippen molar-refractivity contribution >= 4 is 23.7 Å². The number of carbonyl (C=O) groups is 1. The van der Waals surface area contributed by atoms with Gasteiger partial charge in [0.1, 0.15) is 5.88 Å². The minimum Gasteiger partial charge on any atom is -0.272 e. The minimum atomic E-state index is -0.153. The van der Waals surface area contributed by atoms with Gasteiger partial charge in [0.25, 0.3) is 5.91 Å². The Balaban J connectivity index is 2.21. The van der Waals surface area contributed by atoms with Crippen LogP contribution in [0.3, 0.4) is 0 Å². The summed E-state index contributed by atoms with van der Waals surface area (Å²) >= 11 is 5.52. The lowest BCUT2D eigenvalue weighted by atomic mass is 10.0. The van der Waals surface area contributed by atoms with E-state index in [0.29, 0.717) is 0 Å². The highest BCUT2D eigenvalue weighted by Crippen LogP contribution is 2.27. The number of benzene rings is 1. The van der Waals surface area contributed by atoms with E-state index in [-0.39, 0.29) is 17.8 Å². The van der Waals surface area contributed by atoms with Gasteiger partial charge in [-0.25, -0.2) is 5.01 Å². The number of carbonyl (C=O) groups excluding carboxylic acids is 1. The van der Waals surface area contributed by atoms with Crippen molar-refractivity contribution in [1.82, 2.24) is 5.01 Å². The van der Waals surface area contributed by atoms with E-state index in [1.54, 1.807) is 6.21 Å². The SMILES string of the molecule is O=C(CCl)N1N=CC[C@H]1c1ccccc1. The lowest BCUT2D eigenvalue weighted by Gasteiger charge is -2.21. The van der Waals surface area contributed by atoms with Crippen LogP contribution in [0.4, 0.5) is 0 Å². The molecule has 0 bridgehead atoms. The Morgan fingerprint density at radius 2 is 2.20 bits per heavy atom.